The topological polar surface area (TPSA) is 169 Å². The van der Waals surface area contributed by atoms with Crippen molar-refractivity contribution in [2.75, 3.05) is 47.5 Å². The van der Waals surface area contributed by atoms with Crippen LogP contribution in [0.4, 0.5) is 0 Å². The lowest BCUT2D eigenvalue weighted by Gasteiger charge is -2.28. The predicted molar refractivity (Wildman–Crippen MR) is 218 cm³/mol. The number of nitrogens with zero attached hydrogens (tertiary/aromatic N) is 1. The predicted octanol–water partition coefficient (Wildman–Crippen LogP) is 7.92. The van der Waals surface area contributed by atoms with Crippen LogP contribution in [-0.2, 0) is 37.5 Å². The van der Waals surface area contributed by atoms with Crippen molar-refractivity contribution in [3.05, 3.63) is 24.3 Å². The van der Waals surface area contributed by atoms with Crippen molar-refractivity contribution in [1.29, 1.82) is 0 Å². The summed E-state index contributed by atoms with van der Waals surface area (Å²) in [5.41, 5.74) is 0. The van der Waals surface area contributed by atoms with Crippen LogP contribution >= 0.6 is 7.82 Å². The number of ketones is 1. The van der Waals surface area contributed by atoms with Gasteiger partial charge in [-0.15, -0.1) is 0 Å². The zero-order chi connectivity index (χ0) is 41.7. The summed E-state index contributed by atoms with van der Waals surface area (Å²) in [7, 11) is 1.00. The maximum absolute atomic E-state index is 12.8. The summed E-state index contributed by atoms with van der Waals surface area (Å²) < 4.78 is 33.8. The highest BCUT2D eigenvalue weighted by Crippen LogP contribution is 2.38. The minimum absolute atomic E-state index is 0.00899. The third kappa shape index (κ3) is 27.7. The number of likely N-dealkylation sites (N-methyl/N-ethyl adjacent to an activating group) is 1. The second-order valence-corrected chi connectivity index (χ2v) is 17.9. The molecule has 0 aromatic carbocycles. The Morgan fingerprint density at radius 1 is 0.839 bits per heavy atom. The van der Waals surface area contributed by atoms with Crippen LogP contribution in [-0.4, -0.2) is 98.2 Å². The number of ether oxygens (including phenoxy) is 2. The summed E-state index contributed by atoms with van der Waals surface area (Å²) in [4.78, 5) is 50.2. The van der Waals surface area contributed by atoms with E-state index in [1.165, 1.54) is 51.4 Å². The number of Topliss-reactive ketones (excluding diaryl/α,β-unsaturated/α-hetero) is 1. The summed E-state index contributed by atoms with van der Waals surface area (Å²) in [5, 5.41) is 20.7. The highest BCUT2D eigenvalue weighted by molar-refractivity contribution is 7.45. The SMILES string of the molecule is CCCCCCCCCCCCCCC(=O)OC[C@H](COP(=O)([O-])OCC[N+](C)(C)C)OC(=O)CCC/C=C\C[C@H]1C(=O)C[C@@H](O)[C@@H]1/C=C/[C@@H](O)CCCCC. The van der Waals surface area contributed by atoms with Gasteiger partial charge in [-0.25, -0.2) is 0 Å². The molecule has 13 heteroatoms. The Labute approximate surface area is 339 Å². The lowest BCUT2D eigenvalue weighted by Crippen LogP contribution is -2.37. The first-order chi connectivity index (χ1) is 26.7. The van der Waals surface area contributed by atoms with Crippen molar-refractivity contribution < 1.29 is 57.1 Å². The van der Waals surface area contributed by atoms with E-state index in [9.17, 15) is 34.1 Å². The van der Waals surface area contributed by atoms with Crippen LogP contribution in [0.2, 0.25) is 0 Å². The summed E-state index contributed by atoms with van der Waals surface area (Å²) >= 11 is 0. The number of hydrogen-bond donors (Lipinski definition) is 2. The Balaban J connectivity index is 2.54. The van der Waals surface area contributed by atoms with E-state index in [1.54, 1.807) is 12.2 Å². The van der Waals surface area contributed by atoms with Crippen LogP contribution in [0.3, 0.4) is 0 Å². The lowest BCUT2D eigenvalue weighted by atomic mass is 9.90. The van der Waals surface area contributed by atoms with Gasteiger partial charge in [-0.1, -0.05) is 128 Å². The molecule has 1 fully saturated rings. The van der Waals surface area contributed by atoms with Gasteiger partial charge in [0, 0.05) is 31.1 Å². The zero-order valence-electron chi connectivity index (χ0n) is 35.5. The Kier molecular flexibility index (Phi) is 28.9. The van der Waals surface area contributed by atoms with Gasteiger partial charge in [-0.2, -0.15) is 0 Å². The van der Waals surface area contributed by atoms with Crippen molar-refractivity contribution in [2.24, 2.45) is 11.8 Å². The second-order valence-electron chi connectivity index (χ2n) is 16.5. The van der Waals surface area contributed by atoms with Crippen molar-refractivity contribution in [1.82, 2.24) is 0 Å². The fraction of sp³-hybridized carbons (Fsp3) is 0.837. The van der Waals surface area contributed by atoms with Gasteiger partial charge < -0.3 is 38.1 Å². The van der Waals surface area contributed by atoms with Crippen LogP contribution in [0.1, 0.15) is 155 Å². The Hall–Kier alpha value is -1.92. The minimum Gasteiger partial charge on any atom is -0.756 e. The summed E-state index contributed by atoms with van der Waals surface area (Å²) in [5.74, 6) is -1.77. The highest BCUT2D eigenvalue weighted by Gasteiger charge is 2.39. The second kappa shape index (κ2) is 31.1. The normalized spacial score (nSPS) is 19.8. The zero-order valence-corrected chi connectivity index (χ0v) is 36.4. The molecule has 12 nitrogen and oxygen atoms in total. The van der Waals surface area contributed by atoms with Crippen LogP contribution in [0.5, 0.6) is 0 Å². The fourth-order valence-electron chi connectivity index (χ4n) is 6.58. The molecule has 0 saturated heterocycles. The molecule has 0 bridgehead atoms. The number of allylic oxidation sites excluding steroid dienone is 2. The molecule has 1 saturated carbocycles. The van der Waals surface area contributed by atoms with Gasteiger partial charge >= 0.3 is 11.9 Å². The average molecular weight is 816 g/mol. The fourth-order valence-corrected chi connectivity index (χ4v) is 7.30. The van der Waals surface area contributed by atoms with Crippen molar-refractivity contribution in [3.8, 4) is 0 Å². The lowest BCUT2D eigenvalue weighted by molar-refractivity contribution is -0.870. The van der Waals surface area contributed by atoms with E-state index in [0.29, 0.717) is 43.1 Å². The number of phosphoric ester groups is 1. The molecule has 1 aliphatic carbocycles. The number of quaternary nitrogens is 1. The van der Waals surface area contributed by atoms with Crippen LogP contribution in [0.25, 0.3) is 0 Å². The number of unbranched alkanes of at least 4 members (excludes halogenated alkanes) is 14. The van der Waals surface area contributed by atoms with Gasteiger partial charge in [-0.05, 0) is 32.1 Å². The molecule has 0 spiro atoms. The molecule has 0 amide bonds. The van der Waals surface area contributed by atoms with Crippen LogP contribution in [0, 0.1) is 11.8 Å². The molecule has 0 heterocycles. The highest BCUT2D eigenvalue weighted by atomic mass is 31.2. The quantitative estimate of drug-likeness (QED) is 0.0210. The molecule has 326 valence electrons. The van der Waals surface area contributed by atoms with E-state index >= 15 is 0 Å². The van der Waals surface area contributed by atoms with Gasteiger partial charge in [-0.3, -0.25) is 18.9 Å². The maximum Gasteiger partial charge on any atom is 0.306 e. The van der Waals surface area contributed by atoms with E-state index in [4.69, 9.17) is 18.5 Å². The molecule has 56 heavy (non-hydrogen) atoms. The summed E-state index contributed by atoms with van der Waals surface area (Å²) in [6, 6.07) is 0. The molecular formula is C43H78NO11P. The number of aliphatic hydroxyl groups excluding tert-OH is 2. The van der Waals surface area contributed by atoms with E-state index in [-0.39, 0.29) is 50.1 Å². The molecule has 1 aliphatic rings. The molecule has 0 aromatic heterocycles. The van der Waals surface area contributed by atoms with Crippen molar-refractivity contribution in [2.45, 2.75) is 173 Å². The van der Waals surface area contributed by atoms with Crippen LogP contribution in [0.15, 0.2) is 24.3 Å². The first-order valence-electron chi connectivity index (χ1n) is 21.6. The third-order valence-electron chi connectivity index (χ3n) is 10.1. The number of carbonyl (C=O) groups is 3. The Morgan fingerprint density at radius 3 is 2.05 bits per heavy atom. The molecule has 0 radical (unpaired) electrons. The molecular weight excluding hydrogens is 737 g/mol. The number of phosphoric acid groups is 1. The third-order valence-corrected chi connectivity index (χ3v) is 11.1. The van der Waals surface area contributed by atoms with E-state index in [0.717, 1.165) is 38.5 Å². The first-order valence-corrected chi connectivity index (χ1v) is 23.1. The molecule has 1 rings (SSSR count). The molecule has 6 atom stereocenters. The van der Waals surface area contributed by atoms with Gasteiger partial charge in [0.2, 0.25) is 0 Å². The standard InChI is InChI=1S/C43H78NO11P/c1-6-8-10-11-12-13-14-15-16-17-18-23-27-42(48)52-34-37(35-54-56(50,51)53-32-31-44(3,4)5)55-43(49)28-24-20-19-22-26-38-39(41(47)33-40(38)46)30-29-36(45)25-21-9-7-2/h19,22,29-30,36-39,41,45,47H,6-18,20-21,23-28,31-35H2,1-5H3/b22-19-,30-29+/t36-,37+,38+,39+,41+/m0/s1. The first kappa shape index (κ1) is 52.1. The minimum atomic E-state index is -4.69. The Bertz CT molecular complexity index is 1170. The average Bonchev–Trinajstić information content (AvgIpc) is 3.40. The van der Waals surface area contributed by atoms with Gasteiger partial charge in [0.25, 0.3) is 7.82 Å². The molecule has 0 aromatic rings. The largest absolute Gasteiger partial charge is 0.756 e. The van der Waals surface area contributed by atoms with E-state index in [2.05, 4.69) is 13.8 Å². The molecule has 0 aliphatic heterocycles. The van der Waals surface area contributed by atoms with Gasteiger partial charge in [0.05, 0.1) is 40.0 Å². The molecule has 1 unspecified atom stereocenters. The van der Waals surface area contributed by atoms with E-state index < -0.39 is 44.7 Å². The van der Waals surface area contributed by atoms with E-state index in [1.807, 2.05) is 33.3 Å². The number of aliphatic hydroxyl groups is 2. The summed E-state index contributed by atoms with van der Waals surface area (Å²) in [6.45, 7) is 3.80. The van der Waals surface area contributed by atoms with Gasteiger partial charge in [0.1, 0.15) is 25.5 Å². The van der Waals surface area contributed by atoms with Crippen LogP contribution < -0.4 is 4.89 Å². The number of esters is 2. The number of hydrogen-bond acceptors (Lipinski definition) is 11. The molecule has 2 N–H and O–H groups in total. The number of rotatable bonds is 35. The van der Waals surface area contributed by atoms with Crippen molar-refractivity contribution >= 4 is 25.5 Å². The van der Waals surface area contributed by atoms with Gasteiger partial charge in [0.15, 0.2) is 6.10 Å². The summed E-state index contributed by atoms with van der Waals surface area (Å²) in [6.07, 6.45) is 24.3. The smallest absolute Gasteiger partial charge is 0.306 e. The Morgan fingerprint density at radius 2 is 1.43 bits per heavy atom. The van der Waals surface area contributed by atoms with Crippen molar-refractivity contribution in [3.63, 3.8) is 0 Å². The number of carbonyl (C=O) groups excluding carboxylic acids is 3. The monoisotopic (exact) mass is 816 g/mol. The maximum atomic E-state index is 12.8.